The second-order valence-corrected chi connectivity index (χ2v) is 6.41. The van der Waals surface area contributed by atoms with Crippen molar-refractivity contribution < 1.29 is 9.53 Å². The number of aliphatic imine (C=N–C) groups is 1. The average Bonchev–Trinajstić information content (AvgIpc) is 3.12. The summed E-state index contributed by atoms with van der Waals surface area (Å²) in [5, 5.41) is 3.34. The summed E-state index contributed by atoms with van der Waals surface area (Å²) in [6.07, 6.45) is 6.82. The first-order chi connectivity index (χ1) is 11.6. The molecule has 0 radical (unpaired) electrons. The van der Waals surface area contributed by atoms with E-state index in [9.17, 15) is 4.79 Å². The zero-order chi connectivity index (χ0) is 17.5. The number of esters is 1. The molecular formula is C17H30IN5O2. The first kappa shape index (κ1) is 21.7. The minimum absolute atomic E-state index is 0. The Kier molecular flexibility index (Phi) is 9.23. The van der Waals surface area contributed by atoms with Gasteiger partial charge in [-0.05, 0) is 19.3 Å². The lowest BCUT2D eigenvalue weighted by atomic mass is 9.93. The van der Waals surface area contributed by atoms with E-state index in [-0.39, 0.29) is 35.9 Å². The van der Waals surface area contributed by atoms with Crippen LogP contribution in [0.2, 0.25) is 0 Å². The van der Waals surface area contributed by atoms with Crippen molar-refractivity contribution in [3.8, 4) is 0 Å². The van der Waals surface area contributed by atoms with E-state index in [0.717, 1.165) is 32.0 Å². The lowest BCUT2D eigenvalue weighted by molar-refractivity contribution is -0.144. The van der Waals surface area contributed by atoms with E-state index < -0.39 is 0 Å². The van der Waals surface area contributed by atoms with Gasteiger partial charge in [-0.3, -0.25) is 9.79 Å². The summed E-state index contributed by atoms with van der Waals surface area (Å²) in [6, 6.07) is 0.378. The minimum Gasteiger partial charge on any atom is -0.469 e. The molecule has 142 valence electrons. The number of rotatable bonds is 5. The summed E-state index contributed by atoms with van der Waals surface area (Å²) in [5.74, 6) is 0.993. The number of piperidine rings is 1. The standard InChI is InChI=1S/C17H29N5O2.HI/c1-5-19-17(20-10-14(3)16(23)24-4)21-8-6-13(2)15(11-21)22-9-7-18-12-22;/h7,9,12-15H,5-6,8,10-11H2,1-4H3,(H,19,20);1H. The fourth-order valence-corrected chi connectivity index (χ4v) is 3.02. The quantitative estimate of drug-likeness (QED) is 0.314. The monoisotopic (exact) mass is 463 g/mol. The topological polar surface area (TPSA) is 71.8 Å². The molecular weight excluding hydrogens is 433 g/mol. The Labute approximate surface area is 167 Å². The summed E-state index contributed by atoms with van der Waals surface area (Å²) < 4.78 is 6.96. The van der Waals surface area contributed by atoms with Crippen LogP contribution in [-0.4, -0.2) is 59.7 Å². The molecule has 1 aliphatic heterocycles. The van der Waals surface area contributed by atoms with Crippen molar-refractivity contribution in [2.24, 2.45) is 16.8 Å². The van der Waals surface area contributed by atoms with Gasteiger partial charge in [0.1, 0.15) is 0 Å². The lowest BCUT2D eigenvalue weighted by Gasteiger charge is -2.39. The molecule has 1 saturated heterocycles. The van der Waals surface area contributed by atoms with Crippen LogP contribution in [0.5, 0.6) is 0 Å². The molecule has 7 nitrogen and oxygen atoms in total. The van der Waals surface area contributed by atoms with Gasteiger partial charge in [0.25, 0.3) is 0 Å². The molecule has 0 spiro atoms. The first-order valence-corrected chi connectivity index (χ1v) is 8.65. The van der Waals surface area contributed by atoms with Gasteiger partial charge in [0, 0.05) is 32.0 Å². The molecule has 1 aliphatic rings. The number of hydrogen-bond donors (Lipinski definition) is 1. The van der Waals surface area contributed by atoms with Crippen LogP contribution in [0.3, 0.4) is 0 Å². The van der Waals surface area contributed by atoms with Crippen LogP contribution < -0.4 is 5.32 Å². The number of nitrogens with zero attached hydrogens (tertiary/aromatic N) is 4. The molecule has 1 fully saturated rings. The van der Waals surface area contributed by atoms with E-state index in [0.29, 0.717) is 18.5 Å². The average molecular weight is 463 g/mol. The maximum Gasteiger partial charge on any atom is 0.310 e. The smallest absolute Gasteiger partial charge is 0.310 e. The molecule has 8 heteroatoms. The van der Waals surface area contributed by atoms with Gasteiger partial charge < -0.3 is 19.5 Å². The lowest BCUT2D eigenvalue weighted by Crippen LogP contribution is -2.49. The van der Waals surface area contributed by atoms with Crippen LogP contribution in [-0.2, 0) is 9.53 Å². The predicted octanol–water partition coefficient (Wildman–Crippen LogP) is 2.16. The molecule has 2 heterocycles. The number of ether oxygens (including phenoxy) is 1. The van der Waals surface area contributed by atoms with Crippen molar-refractivity contribution in [1.29, 1.82) is 0 Å². The van der Waals surface area contributed by atoms with Gasteiger partial charge in [0.15, 0.2) is 5.96 Å². The van der Waals surface area contributed by atoms with Crippen LogP contribution in [0.15, 0.2) is 23.7 Å². The molecule has 0 amide bonds. The highest BCUT2D eigenvalue weighted by Gasteiger charge is 2.29. The highest BCUT2D eigenvalue weighted by Crippen LogP contribution is 2.27. The molecule has 3 unspecified atom stereocenters. The fourth-order valence-electron chi connectivity index (χ4n) is 3.02. The number of likely N-dealkylation sites (tertiary alicyclic amines) is 1. The van der Waals surface area contributed by atoms with Crippen molar-refractivity contribution in [3.05, 3.63) is 18.7 Å². The zero-order valence-electron chi connectivity index (χ0n) is 15.5. The number of guanidine groups is 1. The first-order valence-electron chi connectivity index (χ1n) is 8.65. The van der Waals surface area contributed by atoms with Crippen LogP contribution in [0, 0.1) is 11.8 Å². The molecule has 0 saturated carbocycles. The van der Waals surface area contributed by atoms with Crippen molar-refractivity contribution in [2.45, 2.75) is 33.2 Å². The van der Waals surface area contributed by atoms with Crippen LogP contribution in [0.4, 0.5) is 0 Å². The highest BCUT2D eigenvalue weighted by molar-refractivity contribution is 14.0. The van der Waals surface area contributed by atoms with E-state index in [4.69, 9.17) is 4.74 Å². The SMILES string of the molecule is CCNC(=NCC(C)C(=O)OC)N1CCC(C)C(n2ccnc2)C1.I. The molecule has 2 rings (SSSR count). The van der Waals surface area contributed by atoms with Crippen molar-refractivity contribution in [2.75, 3.05) is 33.3 Å². The zero-order valence-corrected chi connectivity index (χ0v) is 17.8. The van der Waals surface area contributed by atoms with Gasteiger partial charge >= 0.3 is 5.97 Å². The molecule has 0 aliphatic carbocycles. The van der Waals surface area contributed by atoms with Gasteiger partial charge in [0.05, 0.1) is 31.9 Å². The Morgan fingerprint density at radius 1 is 1.52 bits per heavy atom. The van der Waals surface area contributed by atoms with E-state index >= 15 is 0 Å². The number of methoxy groups -OCH3 is 1. The third-order valence-electron chi connectivity index (χ3n) is 4.58. The molecule has 1 aromatic rings. The van der Waals surface area contributed by atoms with Gasteiger partial charge in [0.2, 0.25) is 0 Å². The fraction of sp³-hybridized carbons (Fsp3) is 0.706. The van der Waals surface area contributed by atoms with Crippen LogP contribution in [0.1, 0.15) is 33.2 Å². The van der Waals surface area contributed by atoms with E-state index in [1.807, 2.05) is 25.6 Å². The Morgan fingerprint density at radius 2 is 2.28 bits per heavy atom. The summed E-state index contributed by atoms with van der Waals surface area (Å²) in [5.41, 5.74) is 0. The molecule has 0 aromatic carbocycles. The Balaban J connectivity index is 0.00000312. The number of imidazole rings is 1. The summed E-state index contributed by atoms with van der Waals surface area (Å²) >= 11 is 0. The Morgan fingerprint density at radius 3 is 2.88 bits per heavy atom. The maximum atomic E-state index is 11.6. The summed E-state index contributed by atoms with van der Waals surface area (Å²) in [4.78, 5) is 22.7. The van der Waals surface area contributed by atoms with Gasteiger partial charge in [-0.2, -0.15) is 0 Å². The predicted molar refractivity (Wildman–Crippen MR) is 109 cm³/mol. The Hall–Kier alpha value is -1.32. The van der Waals surface area contributed by atoms with Crippen molar-refractivity contribution in [1.82, 2.24) is 19.8 Å². The van der Waals surface area contributed by atoms with Crippen molar-refractivity contribution >= 4 is 35.9 Å². The number of halogens is 1. The Bertz CT molecular complexity index is 549. The van der Waals surface area contributed by atoms with Gasteiger partial charge in [-0.1, -0.05) is 13.8 Å². The second-order valence-electron chi connectivity index (χ2n) is 6.41. The largest absolute Gasteiger partial charge is 0.469 e. The second kappa shape index (κ2) is 10.6. The minimum atomic E-state index is -0.239. The highest BCUT2D eigenvalue weighted by atomic mass is 127. The molecule has 25 heavy (non-hydrogen) atoms. The van der Waals surface area contributed by atoms with Crippen LogP contribution in [0.25, 0.3) is 0 Å². The molecule has 1 aromatic heterocycles. The number of carbonyl (C=O) groups excluding carboxylic acids is 1. The number of hydrogen-bond acceptors (Lipinski definition) is 4. The van der Waals surface area contributed by atoms with E-state index in [1.54, 1.807) is 0 Å². The van der Waals surface area contributed by atoms with Gasteiger partial charge in [-0.15, -0.1) is 24.0 Å². The molecule has 0 bridgehead atoms. The third kappa shape index (κ3) is 5.86. The van der Waals surface area contributed by atoms with Crippen LogP contribution >= 0.6 is 24.0 Å². The van der Waals surface area contributed by atoms with Gasteiger partial charge in [-0.25, -0.2) is 4.98 Å². The number of nitrogens with one attached hydrogen (secondary N) is 1. The third-order valence-corrected chi connectivity index (χ3v) is 4.58. The molecule has 1 N–H and O–H groups in total. The molecule has 3 atom stereocenters. The summed E-state index contributed by atoms with van der Waals surface area (Å²) in [6.45, 7) is 9.25. The maximum absolute atomic E-state index is 11.6. The van der Waals surface area contributed by atoms with E-state index in [2.05, 4.69) is 38.6 Å². The normalized spacial score (nSPS) is 22.1. The number of carbonyl (C=O) groups is 1. The summed E-state index contributed by atoms with van der Waals surface area (Å²) in [7, 11) is 1.41. The van der Waals surface area contributed by atoms with Crippen molar-refractivity contribution in [3.63, 3.8) is 0 Å². The number of aromatic nitrogens is 2. The van der Waals surface area contributed by atoms with E-state index in [1.165, 1.54) is 7.11 Å².